The lowest BCUT2D eigenvalue weighted by molar-refractivity contribution is 0.184. The molecule has 15 heavy (non-hydrogen) atoms. The van der Waals surface area contributed by atoms with Crippen molar-refractivity contribution in [3.05, 3.63) is 35.4 Å². The standard InChI is InChI=1S/C11H15N3O/c1-3-12-11-14-13-10(15-11)9-6-4-8(2)5-7-9/h4-7,10,13H,3H2,1-2H3,(H,12,14). The van der Waals surface area contributed by atoms with Gasteiger partial charge >= 0.3 is 6.02 Å². The van der Waals surface area contributed by atoms with Crippen molar-refractivity contribution in [2.45, 2.75) is 20.1 Å². The molecular formula is C11H15N3O. The zero-order valence-corrected chi connectivity index (χ0v) is 8.95. The predicted octanol–water partition coefficient (Wildman–Crippen LogP) is 1.49. The number of amidine groups is 1. The summed E-state index contributed by atoms with van der Waals surface area (Å²) >= 11 is 0. The maximum atomic E-state index is 5.56. The number of nitrogens with zero attached hydrogens (tertiary/aromatic N) is 1. The second-order valence-corrected chi connectivity index (χ2v) is 3.48. The summed E-state index contributed by atoms with van der Waals surface area (Å²) in [7, 11) is 0. The van der Waals surface area contributed by atoms with Crippen LogP contribution in [0.1, 0.15) is 24.3 Å². The molecule has 1 aromatic carbocycles. The van der Waals surface area contributed by atoms with Gasteiger partial charge in [-0.25, -0.2) is 0 Å². The van der Waals surface area contributed by atoms with Crippen LogP contribution in [0, 0.1) is 6.92 Å². The molecular weight excluding hydrogens is 190 g/mol. The average molecular weight is 205 g/mol. The lowest BCUT2D eigenvalue weighted by Crippen LogP contribution is -2.23. The summed E-state index contributed by atoms with van der Waals surface area (Å²) in [6, 6.07) is 8.76. The number of hydrogen-bond donors (Lipinski definition) is 2. The van der Waals surface area contributed by atoms with E-state index in [4.69, 9.17) is 4.74 Å². The second-order valence-electron chi connectivity index (χ2n) is 3.48. The number of aryl methyl sites for hydroxylation is 1. The van der Waals surface area contributed by atoms with Gasteiger partial charge in [-0.1, -0.05) is 29.8 Å². The van der Waals surface area contributed by atoms with E-state index in [1.165, 1.54) is 5.56 Å². The van der Waals surface area contributed by atoms with Crippen LogP contribution in [0.3, 0.4) is 0 Å². The van der Waals surface area contributed by atoms with Gasteiger partial charge in [0.2, 0.25) is 6.23 Å². The van der Waals surface area contributed by atoms with Gasteiger partial charge in [0.15, 0.2) is 0 Å². The SMILES string of the molecule is CCNC1=NNC(c2ccc(C)cc2)O1. The van der Waals surface area contributed by atoms with Crippen molar-refractivity contribution in [2.75, 3.05) is 6.54 Å². The van der Waals surface area contributed by atoms with Gasteiger partial charge in [-0.15, -0.1) is 5.10 Å². The molecule has 1 heterocycles. The van der Waals surface area contributed by atoms with Crippen LogP contribution in [0.2, 0.25) is 0 Å². The van der Waals surface area contributed by atoms with E-state index >= 15 is 0 Å². The minimum atomic E-state index is -0.167. The minimum absolute atomic E-state index is 0.167. The van der Waals surface area contributed by atoms with Crippen LogP contribution in [0.25, 0.3) is 0 Å². The first-order valence-electron chi connectivity index (χ1n) is 5.10. The molecule has 1 atom stereocenters. The molecule has 0 spiro atoms. The summed E-state index contributed by atoms with van der Waals surface area (Å²) in [5.41, 5.74) is 5.25. The lowest BCUT2D eigenvalue weighted by Gasteiger charge is -2.11. The van der Waals surface area contributed by atoms with Crippen molar-refractivity contribution >= 4 is 6.02 Å². The van der Waals surface area contributed by atoms with Crippen molar-refractivity contribution in [2.24, 2.45) is 5.10 Å². The van der Waals surface area contributed by atoms with E-state index in [1.807, 2.05) is 19.1 Å². The first-order chi connectivity index (χ1) is 7.29. The third-order valence-electron chi connectivity index (χ3n) is 2.22. The van der Waals surface area contributed by atoms with Crippen LogP contribution in [0.4, 0.5) is 0 Å². The van der Waals surface area contributed by atoms with Gasteiger partial charge in [-0.2, -0.15) is 0 Å². The third-order valence-corrected chi connectivity index (χ3v) is 2.22. The van der Waals surface area contributed by atoms with Crippen LogP contribution in [-0.4, -0.2) is 12.6 Å². The van der Waals surface area contributed by atoms with Crippen molar-refractivity contribution in [3.8, 4) is 0 Å². The number of hydrogen-bond acceptors (Lipinski definition) is 4. The van der Waals surface area contributed by atoms with Crippen LogP contribution in [-0.2, 0) is 4.74 Å². The molecule has 2 rings (SSSR count). The van der Waals surface area contributed by atoms with E-state index in [-0.39, 0.29) is 6.23 Å². The Morgan fingerprint density at radius 2 is 2.13 bits per heavy atom. The van der Waals surface area contributed by atoms with Crippen LogP contribution < -0.4 is 10.7 Å². The fourth-order valence-electron chi connectivity index (χ4n) is 1.40. The molecule has 4 heteroatoms. The molecule has 0 bridgehead atoms. The summed E-state index contributed by atoms with van der Waals surface area (Å²) in [6.07, 6.45) is -0.167. The highest BCUT2D eigenvalue weighted by Gasteiger charge is 2.19. The Balaban J connectivity index is 2.01. The van der Waals surface area contributed by atoms with E-state index in [2.05, 4.69) is 34.9 Å². The average Bonchev–Trinajstić information content (AvgIpc) is 2.68. The maximum absolute atomic E-state index is 5.56. The molecule has 0 radical (unpaired) electrons. The van der Waals surface area contributed by atoms with Gasteiger partial charge in [0.1, 0.15) is 0 Å². The summed E-state index contributed by atoms with van der Waals surface area (Å²) < 4.78 is 5.56. The van der Waals surface area contributed by atoms with Gasteiger partial charge in [0.25, 0.3) is 0 Å². The van der Waals surface area contributed by atoms with Gasteiger partial charge in [0, 0.05) is 12.1 Å². The molecule has 0 fully saturated rings. The molecule has 2 N–H and O–H groups in total. The summed E-state index contributed by atoms with van der Waals surface area (Å²) in [4.78, 5) is 0. The van der Waals surface area contributed by atoms with Crippen molar-refractivity contribution in [1.82, 2.24) is 10.7 Å². The number of hydrazone groups is 1. The predicted molar refractivity (Wildman–Crippen MR) is 59.3 cm³/mol. The van der Waals surface area contributed by atoms with E-state index in [9.17, 15) is 0 Å². The highest BCUT2D eigenvalue weighted by Crippen LogP contribution is 2.18. The molecule has 1 aromatic rings. The Labute approximate surface area is 89.3 Å². The Morgan fingerprint density at radius 1 is 1.40 bits per heavy atom. The highest BCUT2D eigenvalue weighted by atomic mass is 16.5. The Bertz CT molecular complexity index is 359. The molecule has 0 amide bonds. The number of nitrogens with one attached hydrogen (secondary N) is 2. The van der Waals surface area contributed by atoms with E-state index < -0.39 is 0 Å². The zero-order valence-electron chi connectivity index (χ0n) is 8.95. The Hall–Kier alpha value is -1.71. The smallest absolute Gasteiger partial charge is 0.308 e. The van der Waals surface area contributed by atoms with E-state index in [1.54, 1.807) is 0 Å². The molecule has 0 aromatic heterocycles. The molecule has 1 unspecified atom stereocenters. The van der Waals surface area contributed by atoms with E-state index in [0.717, 1.165) is 12.1 Å². The molecule has 1 aliphatic heterocycles. The Kier molecular flexibility index (Phi) is 2.76. The normalized spacial score (nSPS) is 19.1. The monoisotopic (exact) mass is 205 g/mol. The quantitative estimate of drug-likeness (QED) is 0.769. The summed E-state index contributed by atoms with van der Waals surface area (Å²) in [5.74, 6) is 0. The largest absolute Gasteiger partial charge is 0.434 e. The van der Waals surface area contributed by atoms with Gasteiger partial charge in [-0.3, -0.25) is 5.43 Å². The number of ether oxygens (including phenoxy) is 1. The first kappa shape index (κ1) is 9.83. The first-order valence-corrected chi connectivity index (χ1v) is 5.10. The lowest BCUT2D eigenvalue weighted by atomic mass is 10.1. The van der Waals surface area contributed by atoms with Crippen molar-refractivity contribution in [3.63, 3.8) is 0 Å². The summed E-state index contributed by atoms with van der Waals surface area (Å²) in [6.45, 7) is 4.87. The molecule has 0 saturated heterocycles. The minimum Gasteiger partial charge on any atom is -0.434 e. The zero-order chi connectivity index (χ0) is 10.7. The van der Waals surface area contributed by atoms with Gasteiger partial charge in [-0.05, 0) is 13.8 Å². The molecule has 1 aliphatic rings. The Morgan fingerprint density at radius 3 is 2.80 bits per heavy atom. The van der Waals surface area contributed by atoms with Crippen LogP contribution in [0.15, 0.2) is 29.4 Å². The third kappa shape index (κ3) is 2.21. The summed E-state index contributed by atoms with van der Waals surface area (Å²) in [5, 5.41) is 7.06. The van der Waals surface area contributed by atoms with Gasteiger partial charge < -0.3 is 10.1 Å². The fourth-order valence-corrected chi connectivity index (χ4v) is 1.40. The fraction of sp³-hybridized carbons (Fsp3) is 0.364. The molecule has 80 valence electrons. The van der Waals surface area contributed by atoms with Crippen molar-refractivity contribution < 1.29 is 4.74 Å². The van der Waals surface area contributed by atoms with Crippen LogP contribution in [0.5, 0.6) is 0 Å². The highest BCUT2D eigenvalue weighted by molar-refractivity contribution is 5.74. The molecule has 0 aliphatic carbocycles. The maximum Gasteiger partial charge on any atom is 0.308 e. The van der Waals surface area contributed by atoms with Crippen LogP contribution >= 0.6 is 0 Å². The molecule has 4 nitrogen and oxygen atoms in total. The number of rotatable bonds is 2. The second kappa shape index (κ2) is 4.21. The van der Waals surface area contributed by atoms with E-state index in [0.29, 0.717) is 6.02 Å². The molecule has 0 saturated carbocycles. The number of benzene rings is 1. The van der Waals surface area contributed by atoms with Crippen molar-refractivity contribution in [1.29, 1.82) is 0 Å². The van der Waals surface area contributed by atoms with Gasteiger partial charge in [0.05, 0.1) is 0 Å². The topological polar surface area (TPSA) is 45.7 Å².